The van der Waals surface area contributed by atoms with Crippen LogP contribution >= 0.6 is 0 Å². The summed E-state index contributed by atoms with van der Waals surface area (Å²) in [5, 5.41) is 11.8. The molecule has 9 heteroatoms. The Morgan fingerprint density at radius 1 is 0.330 bits per heavy atom. The van der Waals surface area contributed by atoms with Crippen molar-refractivity contribution in [2.75, 3.05) is 47.5 Å². The van der Waals surface area contributed by atoms with Gasteiger partial charge in [0, 0.05) is 12.8 Å². The van der Waals surface area contributed by atoms with E-state index in [1.54, 1.807) is 0 Å². The summed E-state index contributed by atoms with van der Waals surface area (Å²) in [5.74, 6) is -2.30. The van der Waals surface area contributed by atoms with Crippen LogP contribution in [-0.2, 0) is 33.3 Å². The highest BCUT2D eigenvalue weighted by Crippen LogP contribution is 2.16. The number of allylic oxidation sites excluding steroid dienone is 28. The van der Waals surface area contributed by atoms with Crippen molar-refractivity contribution in [3.63, 3.8) is 0 Å². The van der Waals surface area contributed by atoms with E-state index in [9.17, 15) is 19.5 Å². The van der Waals surface area contributed by atoms with Gasteiger partial charge < -0.3 is 33.3 Å². The van der Waals surface area contributed by atoms with E-state index in [-0.39, 0.29) is 38.6 Å². The summed E-state index contributed by atoms with van der Waals surface area (Å²) in [4.78, 5) is 37.5. The maximum absolute atomic E-state index is 13.0. The number of likely N-dealkylation sites (N-methyl/N-ethyl adjacent to an activating group) is 1. The van der Waals surface area contributed by atoms with Crippen molar-refractivity contribution < 1.29 is 42.9 Å². The quantitative estimate of drug-likeness (QED) is 0.0195. The monoisotopic (exact) mass is 1260 g/mol. The first-order valence-corrected chi connectivity index (χ1v) is 36.3. The number of rotatable bonds is 65. The van der Waals surface area contributed by atoms with E-state index in [2.05, 4.69) is 184 Å². The first-order valence-electron chi connectivity index (χ1n) is 36.3. The number of carboxylic acid groups (broad SMARTS) is 1. The Kier molecular flexibility index (Phi) is 66.4. The summed E-state index contributed by atoms with van der Waals surface area (Å²) < 4.78 is 22.8. The molecule has 0 N–H and O–H groups in total. The van der Waals surface area contributed by atoms with Gasteiger partial charge in [0.05, 0.1) is 40.3 Å². The summed E-state index contributed by atoms with van der Waals surface area (Å²) in [7, 11) is 5.92. The van der Waals surface area contributed by atoms with Crippen molar-refractivity contribution in [3.05, 3.63) is 170 Å². The van der Waals surface area contributed by atoms with Crippen molar-refractivity contribution in [1.82, 2.24) is 0 Å². The molecule has 0 spiro atoms. The minimum atomic E-state index is -1.63. The maximum atomic E-state index is 13.0. The van der Waals surface area contributed by atoms with Gasteiger partial charge in [-0.15, -0.1) is 0 Å². The van der Waals surface area contributed by atoms with Crippen LogP contribution in [0.3, 0.4) is 0 Å². The molecule has 0 fully saturated rings. The lowest BCUT2D eigenvalue weighted by atomic mass is 10.0. The minimum absolute atomic E-state index is 0.138. The number of esters is 2. The standard InChI is InChI=1S/C82H133NO8/c1-6-8-10-12-14-16-18-20-22-24-26-28-30-32-34-35-36-37-38-39-40-41-42-43-44-45-47-49-51-53-55-57-59-61-63-65-67-69-71-73-80(85)91-78(77-90-82(81(86)87)88-75-74-83(3,4)5)76-89-79(84)72-70-68-66-64-62-60-58-56-54-52-50-48-46-33-31-29-27-25-23-21-19-17-15-13-11-9-7-2/h8-11,14-17,20-23,26-29,32-34,36-37,39-40,42-43,46,50,52,78,82H,6-7,12-13,18-19,24-25,30-31,35,38,41,44-45,47-49,51,53-77H2,1-5H3/b10-8-,11-9-,16-14-,17-15-,22-20-,23-21-,28-26-,29-27-,34-32-,37-36-,40-39-,43-42-,46-33-,52-50-. The number of carbonyl (C=O) groups is 3. The van der Waals surface area contributed by atoms with Crippen LogP contribution in [0.1, 0.15) is 271 Å². The summed E-state index contributed by atoms with van der Waals surface area (Å²) in [6.45, 7) is 4.50. The molecule has 0 aliphatic heterocycles. The van der Waals surface area contributed by atoms with Gasteiger partial charge in [0.1, 0.15) is 13.2 Å². The zero-order valence-corrected chi connectivity index (χ0v) is 58.6. The van der Waals surface area contributed by atoms with E-state index in [1.165, 1.54) is 96.3 Å². The molecule has 2 unspecified atom stereocenters. The number of aliphatic carboxylic acids is 1. The highest BCUT2D eigenvalue weighted by atomic mass is 16.7. The Hall–Kier alpha value is -5.35. The zero-order valence-electron chi connectivity index (χ0n) is 58.6. The molecular formula is C82H133NO8. The predicted molar refractivity (Wildman–Crippen MR) is 388 cm³/mol. The van der Waals surface area contributed by atoms with Crippen molar-refractivity contribution in [3.8, 4) is 0 Å². The Balaban J connectivity index is 4.14. The van der Waals surface area contributed by atoms with Crippen LogP contribution in [0, 0.1) is 0 Å². The Morgan fingerprint density at radius 2 is 0.593 bits per heavy atom. The van der Waals surface area contributed by atoms with E-state index >= 15 is 0 Å². The summed E-state index contributed by atoms with van der Waals surface area (Å²) in [6, 6.07) is 0. The summed E-state index contributed by atoms with van der Waals surface area (Å²) in [6.07, 6.45) is 103. The highest BCUT2D eigenvalue weighted by molar-refractivity contribution is 5.70. The van der Waals surface area contributed by atoms with E-state index in [0.29, 0.717) is 17.4 Å². The fraction of sp³-hybridized carbons (Fsp3) is 0.622. The molecule has 0 bridgehead atoms. The normalized spacial score (nSPS) is 13.7. The third-order valence-electron chi connectivity index (χ3n) is 15.0. The Labute approximate surface area is 558 Å². The van der Waals surface area contributed by atoms with E-state index in [1.807, 2.05) is 21.1 Å². The molecule has 9 nitrogen and oxygen atoms in total. The first-order chi connectivity index (χ1) is 44.6. The van der Waals surface area contributed by atoms with Crippen LogP contribution in [0.5, 0.6) is 0 Å². The van der Waals surface area contributed by atoms with Gasteiger partial charge in [0.2, 0.25) is 0 Å². The second-order valence-corrected chi connectivity index (χ2v) is 24.8. The number of unbranched alkanes of at least 4 members (excludes halogenated alkanes) is 22. The topological polar surface area (TPSA) is 111 Å². The molecule has 0 heterocycles. The molecule has 0 aromatic heterocycles. The zero-order chi connectivity index (χ0) is 66.1. The molecule has 0 saturated carbocycles. The van der Waals surface area contributed by atoms with Crippen LogP contribution in [0.25, 0.3) is 0 Å². The second kappa shape index (κ2) is 70.5. The third kappa shape index (κ3) is 71.9. The fourth-order valence-electron chi connectivity index (χ4n) is 9.50. The van der Waals surface area contributed by atoms with Crippen LogP contribution in [0.15, 0.2) is 170 Å². The number of quaternary nitrogens is 1. The Bertz CT molecular complexity index is 2100. The fourth-order valence-corrected chi connectivity index (χ4v) is 9.50. The van der Waals surface area contributed by atoms with E-state index in [0.717, 1.165) is 141 Å². The van der Waals surface area contributed by atoms with Crippen LogP contribution in [0.2, 0.25) is 0 Å². The van der Waals surface area contributed by atoms with Crippen molar-refractivity contribution in [2.24, 2.45) is 0 Å². The molecule has 0 aliphatic rings. The predicted octanol–water partition coefficient (Wildman–Crippen LogP) is 21.7. The third-order valence-corrected chi connectivity index (χ3v) is 15.0. The first kappa shape index (κ1) is 85.7. The molecular weight excluding hydrogens is 1130 g/mol. The van der Waals surface area contributed by atoms with Crippen molar-refractivity contribution >= 4 is 17.9 Å². The molecule has 0 rings (SSSR count). The summed E-state index contributed by atoms with van der Waals surface area (Å²) >= 11 is 0. The number of hydrogen-bond donors (Lipinski definition) is 0. The molecule has 0 amide bonds. The maximum Gasteiger partial charge on any atom is 0.306 e. The van der Waals surface area contributed by atoms with Gasteiger partial charge in [0.25, 0.3) is 0 Å². The SMILES string of the molecule is CC/C=C\C/C=C\C/C=C\C/C=C\C/C=C\C/C=C\C/C=C\C/C=C\CCCCCCCCCCCCCCCCC(=O)OC(COC(=O)CCCCCCCCCC/C=C\C/C=C\C/C=C\C/C=C\C/C=C\C/C=C\CC)COC(OCC[N+](C)(C)C)C(=O)[O-]. The van der Waals surface area contributed by atoms with Crippen molar-refractivity contribution in [2.45, 2.75) is 283 Å². The molecule has 0 aromatic carbocycles. The number of carbonyl (C=O) groups excluding carboxylic acids is 3. The smallest absolute Gasteiger partial charge is 0.306 e. The lowest BCUT2D eigenvalue weighted by Crippen LogP contribution is -2.44. The Morgan fingerprint density at radius 3 is 0.879 bits per heavy atom. The van der Waals surface area contributed by atoms with Gasteiger partial charge in [0.15, 0.2) is 12.4 Å². The van der Waals surface area contributed by atoms with Gasteiger partial charge in [-0.25, -0.2) is 0 Å². The number of nitrogens with zero attached hydrogens (tertiary/aromatic N) is 1. The molecule has 91 heavy (non-hydrogen) atoms. The summed E-state index contributed by atoms with van der Waals surface area (Å²) in [5.41, 5.74) is 0. The van der Waals surface area contributed by atoms with Crippen LogP contribution in [0.4, 0.5) is 0 Å². The molecule has 0 aliphatic carbocycles. The average molecular weight is 1260 g/mol. The molecule has 0 aromatic rings. The number of ether oxygens (including phenoxy) is 4. The lowest BCUT2D eigenvalue weighted by Gasteiger charge is -2.26. The minimum Gasteiger partial charge on any atom is -0.545 e. The van der Waals surface area contributed by atoms with E-state index in [4.69, 9.17) is 18.9 Å². The lowest BCUT2D eigenvalue weighted by molar-refractivity contribution is -0.870. The van der Waals surface area contributed by atoms with Gasteiger partial charge >= 0.3 is 11.9 Å². The number of hydrogen-bond acceptors (Lipinski definition) is 8. The molecule has 514 valence electrons. The van der Waals surface area contributed by atoms with E-state index < -0.39 is 24.3 Å². The van der Waals surface area contributed by atoms with Crippen molar-refractivity contribution in [1.29, 1.82) is 0 Å². The van der Waals surface area contributed by atoms with Gasteiger partial charge in [-0.2, -0.15) is 0 Å². The van der Waals surface area contributed by atoms with Gasteiger partial charge in [-0.05, 0) is 128 Å². The van der Waals surface area contributed by atoms with Crippen LogP contribution in [-0.4, -0.2) is 82.3 Å². The van der Waals surface area contributed by atoms with Crippen LogP contribution < -0.4 is 5.11 Å². The second-order valence-electron chi connectivity index (χ2n) is 24.8. The van der Waals surface area contributed by atoms with Gasteiger partial charge in [-0.1, -0.05) is 300 Å². The van der Waals surface area contributed by atoms with Gasteiger partial charge in [-0.3, -0.25) is 9.59 Å². The molecule has 2 atom stereocenters. The largest absolute Gasteiger partial charge is 0.545 e. The number of carboxylic acids is 1. The average Bonchev–Trinajstić information content (AvgIpc) is 3.46. The highest BCUT2D eigenvalue weighted by Gasteiger charge is 2.22. The molecule has 0 radical (unpaired) electrons. The molecule has 0 saturated heterocycles.